The zero-order valence-corrected chi connectivity index (χ0v) is 22.1. The van der Waals surface area contributed by atoms with Crippen LogP contribution in [0.2, 0.25) is 0 Å². The Morgan fingerprint density at radius 1 is 0.943 bits per heavy atom. The zero-order valence-electron chi connectivity index (χ0n) is 22.1. The van der Waals surface area contributed by atoms with Crippen molar-refractivity contribution in [2.24, 2.45) is 5.92 Å². The molecule has 1 aliphatic carbocycles. The lowest BCUT2D eigenvalue weighted by molar-refractivity contribution is 0.222. The molecule has 4 rings (SSSR count). The van der Waals surface area contributed by atoms with Crippen molar-refractivity contribution in [2.75, 3.05) is 20.2 Å². The fraction of sp³-hybridized carbons (Fsp3) is 0.469. The Labute approximate surface area is 212 Å². The van der Waals surface area contributed by atoms with Gasteiger partial charge in [0.25, 0.3) is 0 Å². The molecule has 3 aromatic rings. The normalized spacial score (nSPS) is 14.1. The summed E-state index contributed by atoms with van der Waals surface area (Å²) in [5.41, 5.74) is 8.78. The lowest BCUT2D eigenvalue weighted by atomic mass is 9.94. The molecule has 0 N–H and O–H groups in total. The number of pyridine rings is 1. The number of aromatic nitrogens is 1. The number of rotatable bonds is 11. The fourth-order valence-corrected chi connectivity index (χ4v) is 5.69. The van der Waals surface area contributed by atoms with E-state index in [-0.39, 0.29) is 0 Å². The Bertz CT molecular complexity index is 1060. The van der Waals surface area contributed by atoms with E-state index >= 15 is 0 Å². The summed E-state index contributed by atoms with van der Waals surface area (Å²) < 4.78 is 6.00. The van der Waals surface area contributed by atoms with Gasteiger partial charge in [0, 0.05) is 42.5 Å². The molecule has 0 unspecified atom stereocenters. The van der Waals surface area contributed by atoms with E-state index < -0.39 is 0 Å². The number of aryl methyl sites for hydroxylation is 3. The van der Waals surface area contributed by atoms with Gasteiger partial charge in [0.05, 0.1) is 12.8 Å². The van der Waals surface area contributed by atoms with Crippen molar-refractivity contribution in [3.05, 3.63) is 82.5 Å². The van der Waals surface area contributed by atoms with Crippen molar-refractivity contribution in [3.63, 3.8) is 0 Å². The van der Waals surface area contributed by atoms with Crippen LogP contribution in [0, 0.1) is 12.8 Å². The number of hydrogen-bond donors (Lipinski definition) is 0. The minimum absolute atomic E-state index is 0.813. The third kappa shape index (κ3) is 6.32. The molecule has 1 aromatic heterocycles. The Kier molecular flexibility index (Phi) is 8.98. The summed E-state index contributed by atoms with van der Waals surface area (Å²) in [6.45, 7) is 9.72. The van der Waals surface area contributed by atoms with E-state index in [1.807, 2.05) is 0 Å². The summed E-state index contributed by atoms with van der Waals surface area (Å²) >= 11 is 0. The van der Waals surface area contributed by atoms with Crippen molar-refractivity contribution in [1.29, 1.82) is 0 Å². The Hall–Kier alpha value is -2.65. The molecular weight excluding hydrogens is 428 g/mol. The van der Waals surface area contributed by atoms with Crippen LogP contribution < -0.4 is 4.74 Å². The first-order chi connectivity index (χ1) is 17.1. The van der Waals surface area contributed by atoms with E-state index in [4.69, 9.17) is 9.72 Å². The molecule has 1 aliphatic rings. The molecule has 0 saturated heterocycles. The summed E-state index contributed by atoms with van der Waals surface area (Å²) in [7, 11) is 1.81. The lowest BCUT2D eigenvalue weighted by Gasteiger charge is -2.27. The average Bonchev–Trinajstić information content (AvgIpc) is 3.41. The maximum absolute atomic E-state index is 6.00. The molecule has 1 heterocycles. The van der Waals surface area contributed by atoms with Gasteiger partial charge < -0.3 is 4.74 Å². The van der Waals surface area contributed by atoms with Gasteiger partial charge >= 0.3 is 0 Å². The summed E-state index contributed by atoms with van der Waals surface area (Å²) in [5, 5.41) is 0. The van der Waals surface area contributed by atoms with Gasteiger partial charge in [-0.3, -0.25) is 9.88 Å². The van der Waals surface area contributed by atoms with Crippen LogP contribution in [0.1, 0.15) is 67.5 Å². The molecule has 3 nitrogen and oxygen atoms in total. The second-order valence-corrected chi connectivity index (χ2v) is 10.1. The SMILES string of the molecule is CCc1cccc(CC)c1-c1cc(OC)c(CN(CCc2ccccc2)CC2CCCC2)c(C)n1. The molecule has 3 heteroatoms. The first kappa shape index (κ1) is 25.4. The maximum Gasteiger partial charge on any atom is 0.127 e. The largest absolute Gasteiger partial charge is 0.496 e. The molecular formula is C32H42N2O. The maximum atomic E-state index is 6.00. The van der Waals surface area contributed by atoms with E-state index in [1.165, 1.54) is 53.5 Å². The van der Waals surface area contributed by atoms with Gasteiger partial charge in [0.2, 0.25) is 0 Å². The Morgan fingerprint density at radius 3 is 2.26 bits per heavy atom. The predicted molar refractivity (Wildman–Crippen MR) is 147 cm³/mol. The van der Waals surface area contributed by atoms with Gasteiger partial charge in [0.15, 0.2) is 0 Å². The van der Waals surface area contributed by atoms with E-state index in [0.29, 0.717) is 0 Å². The van der Waals surface area contributed by atoms with Gasteiger partial charge in [-0.2, -0.15) is 0 Å². The molecule has 2 aromatic carbocycles. The number of hydrogen-bond acceptors (Lipinski definition) is 3. The van der Waals surface area contributed by atoms with Crippen LogP contribution in [0.25, 0.3) is 11.3 Å². The van der Waals surface area contributed by atoms with Crippen LogP contribution in [-0.2, 0) is 25.8 Å². The van der Waals surface area contributed by atoms with Crippen LogP contribution in [0.4, 0.5) is 0 Å². The fourth-order valence-electron chi connectivity index (χ4n) is 5.69. The Balaban J connectivity index is 1.63. The zero-order chi connectivity index (χ0) is 24.6. The first-order valence-corrected chi connectivity index (χ1v) is 13.5. The smallest absolute Gasteiger partial charge is 0.127 e. The molecule has 0 aliphatic heterocycles. The van der Waals surface area contributed by atoms with Crippen LogP contribution in [0.5, 0.6) is 5.75 Å². The molecule has 1 fully saturated rings. The van der Waals surface area contributed by atoms with Crippen molar-refractivity contribution >= 4 is 0 Å². The van der Waals surface area contributed by atoms with E-state index in [0.717, 1.165) is 62.0 Å². The molecule has 35 heavy (non-hydrogen) atoms. The topological polar surface area (TPSA) is 25.4 Å². The van der Waals surface area contributed by atoms with Gasteiger partial charge in [-0.1, -0.05) is 75.2 Å². The number of methoxy groups -OCH3 is 1. The highest BCUT2D eigenvalue weighted by molar-refractivity contribution is 5.70. The van der Waals surface area contributed by atoms with Crippen LogP contribution >= 0.6 is 0 Å². The number of benzene rings is 2. The van der Waals surface area contributed by atoms with Crippen molar-refractivity contribution < 1.29 is 4.74 Å². The summed E-state index contributed by atoms with van der Waals surface area (Å²) in [6.07, 6.45) is 8.57. The molecule has 0 radical (unpaired) electrons. The molecule has 1 saturated carbocycles. The van der Waals surface area contributed by atoms with Crippen molar-refractivity contribution in [3.8, 4) is 17.0 Å². The minimum atomic E-state index is 0.813. The van der Waals surface area contributed by atoms with Crippen LogP contribution in [0.15, 0.2) is 54.6 Å². The molecule has 0 bridgehead atoms. The second-order valence-electron chi connectivity index (χ2n) is 10.1. The van der Waals surface area contributed by atoms with Gasteiger partial charge in [-0.15, -0.1) is 0 Å². The van der Waals surface area contributed by atoms with E-state index in [1.54, 1.807) is 7.11 Å². The van der Waals surface area contributed by atoms with E-state index in [9.17, 15) is 0 Å². The van der Waals surface area contributed by atoms with Crippen LogP contribution in [-0.4, -0.2) is 30.1 Å². The lowest BCUT2D eigenvalue weighted by Crippen LogP contribution is -2.31. The highest BCUT2D eigenvalue weighted by Crippen LogP contribution is 2.34. The van der Waals surface area contributed by atoms with E-state index in [2.05, 4.69) is 80.3 Å². The summed E-state index contributed by atoms with van der Waals surface area (Å²) in [5.74, 6) is 1.78. The monoisotopic (exact) mass is 470 g/mol. The molecule has 0 amide bonds. The average molecular weight is 471 g/mol. The molecule has 186 valence electrons. The minimum Gasteiger partial charge on any atom is -0.496 e. The molecule has 0 atom stereocenters. The van der Waals surface area contributed by atoms with Crippen molar-refractivity contribution in [1.82, 2.24) is 9.88 Å². The quantitative estimate of drug-likeness (QED) is 0.291. The third-order valence-corrected chi connectivity index (χ3v) is 7.70. The van der Waals surface area contributed by atoms with Crippen molar-refractivity contribution in [2.45, 2.75) is 72.3 Å². The third-order valence-electron chi connectivity index (χ3n) is 7.70. The summed E-state index contributed by atoms with van der Waals surface area (Å²) in [6, 6.07) is 19.7. The number of ether oxygens (including phenoxy) is 1. The van der Waals surface area contributed by atoms with Crippen LogP contribution in [0.3, 0.4) is 0 Å². The molecule has 0 spiro atoms. The standard InChI is InChI=1S/C32H42N2O/c1-5-27-17-12-18-28(6-2)32(27)30-21-31(35-4)29(24(3)33-30)23-34(22-26-15-10-11-16-26)20-19-25-13-8-7-9-14-25/h7-9,12-14,17-18,21,26H,5-6,10-11,15-16,19-20,22-23H2,1-4H3. The highest BCUT2D eigenvalue weighted by Gasteiger charge is 2.22. The Morgan fingerprint density at radius 2 is 1.63 bits per heavy atom. The number of nitrogens with zero attached hydrogens (tertiary/aromatic N) is 2. The van der Waals surface area contributed by atoms with Gasteiger partial charge in [-0.05, 0) is 61.6 Å². The highest BCUT2D eigenvalue weighted by atomic mass is 16.5. The summed E-state index contributed by atoms with van der Waals surface area (Å²) in [4.78, 5) is 7.81. The predicted octanol–water partition coefficient (Wildman–Crippen LogP) is 7.43. The van der Waals surface area contributed by atoms with Gasteiger partial charge in [0.1, 0.15) is 5.75 Å². The van der Waals surface area contributed by atoms with Gasteiger partial charge in [-0.25, -0.2) is 0 Å². The first-order valence-electron chi connectivity index (χ1n) is 13.5. The second kappa shape index (κ2) is 12.4.